The van der Waals surface area contributed by atoms with E-state index in [9.17, 15) is 4.79 Å². The van der Waals surface area contributed by atoms with E-state index in [0.717, 1.165) is 44.2 Å². The van der Waals surface area contributed by atoms with Crippen LogP contribution in [0.5, 0.6) is 17.2 Å². The number of nitrogens with zero attached hydrogens (tertiary/aromatic N) is 2. The van der Waals surface area contributed by atoms with Gasteiger partial charge < -0.3 is 19.5 Å². The van der Waals surface area contributed by atoms with Gasteiger partial charge in [0.05, 0.1) is 18.7 Å². The molecule has 0 spiro atoms. The Kier molecular flexibility index (Phi) is 6.08. The van der Waals surface area contributed by atoms with Crippen molar-refractivity contribution in [2.45, 2.75) is 6.54 Å². The van der Waals surface area contributed by atoms with Gasteiger partial charge in [-0.05, 0) is 35.9 Å². The summed E-state index contributed by atoms with van der Waals surface area (Å²) in [5.74, 6) is 2.16. The molecular weight excluding hydrogens is 394 g/mol. The molecule has 29 heavy (non-hydrogen) atoms. The fourth-order valence-electron chi connectivity index (χ4n) is 3.55. The van der Waals surface area contributed by atoms with Gasteiger partial charge in [0.15, 0.2) is 11.5 Å². The molecule has 2 aromatic carbocycles. The number of hydrogen-bond acceptors (Lipinski definition) is 6. The molecule has 0 aromatic heterocycles. The number of halogens is 1. The molecule has 1 saturated heterocycles. The van der Waals surface area contributed by atoms with E-state index in [1.165, 1.54) is 5.56 Å². The molecule has 1 fully saturated rings. The second kappa shape index (κ2) is 8.90. The van der Waals surface area contributed by atoms with Gasteiger partial charge in [-0.3, -0.25) is 14.6 Å². The van der Waals surface area contributed by atoms with Crippen molar-refractivity contribution in [3.8, 4) is 17.2 Å². The van der Waals surface area contributed by atoms with Crippen LogP contribution in [0.25, 0.3) is 0 Å². The van der Waals surface area contributed by atoms with Crippen molar-refractivity contribution in [1.82, 2.24) is 9.80 Å². The SMILES string of the molecule is COc1ccc(NC(=O)CN2CCN(Cc3ccc4c(c3)OCO4)CC2)cc1Cl. The first-order chi connectivity index (χ1) is 14.1. The summed E-state index contributed by atoms with van der Waals surface area (Å²) >= 11 is 6.11. The van der Waals surface area contributed by atoms with Crippen LogP contribution >= 0.6 is 11.6 Å². The van der Waals surface area contributed by atoms with Crippen LogP contribution in [-0.2, 0) is 11.3 Å². The molecule has 2 heterocycles. The molecule has 0 unspecified atom stereocenters. The average molecular weight is 418 g/mol. The molecule has 4 rings (SSSR count). The fraction of sp³-hybridized carbons (Fsp3) is 0.381. The molecule has 8 heteroatoms. The Balaban J connectivity index is 1.23. The zero-order valence-electron chi connectivity index (χ0n) is 16.3. The van der Waals surface area contributed by atoms with E-state index in [1.54, 1.807) is 25.3 Å². The summed E-state index contributed by atoms with van der Waals surface area (Å²) < 4.78 is 15.9. The maximum Gasteiger partial charge on any atom is 0.238 e. The first-order valence-corrected chi connectivity index (χ1v) is 9.95. The van der Waals surface area contributed by atoms with E-state index in [0.29, 0.717) is 29.8 Å². The lowest BCUT2D eigenvalue weighted by Crippen LogP contribution is -2.48. The zero-order chi connectivity index (χ0) is 20.2. The van der Waals surface area contributed by atoms with Crippen molar-refractivity contribution in [3.05, 3.63) is 47.0 Å². The second-order valence-electron chi connectivity index (χ2n) is 7.14. The lowest BCUT2D eigenvalue weighted by atomic mass is 10.1. The number of fused-ring (bicyclic) bond motifs is 1. The van der Waals surface area contributed by atoms with Crippen LogP contribution in [0.2, 0.25) is 5.02 Å². The number of rotatable bonds is 6. The van der Waals surface area contributed by atoms with Crippen LogP contribution < -0.4 is 19.5 Å². The minimum atomic E-state index is -0.0459. The largest absolute Gasteiger partial charge is 0.495 e. The number of nitrogens with one attached hydrogen (secondary N) is 1. The summed E-state index contributed by atoms with van der Waals surface area (Å²) in [6.07, 6.45) is 0. The minimum absolute atomic E-state index is 0.0459. The maximum atomic E-state index is 12.4. The van der Waals surface area contributed by atoms with Crippen molar-refractivity contribution in [2.24, 2.45) is 0 Å². The number of ether oxygens (including phenoxy) is 3. The number of benzene rings is 2. The molecule has 0 atom stereocenters. The minimum Gasteiger partial charge on any atom is -0.495 e. The highest BCUT2D eigenvalue weighted by Gasteiger charge is 2.20. The summed E-state index contributed by atoms with van der Waals surface area (Å²) in [5, 5.41) is 3.37. The van der Waals surface area contributed by atoms with Crippen molar-refractivity contribution >= 4 is 23.2 Å². The molecule has 0 saturated carbocycles. The summed E-state index contributed by atoms with van der Waals surface area (Å²) in [5.41, 5.74) is 1.87. The maximum absolute atomic E-state index is 12.4. The monoisotopic (exact) mass is 417 g/mol. The Hall–Kier alpha value is -2.48. The molecule has 1 N–H and O–H groups in total. The first kappa shape index (κ1) is 19.8. The third-order valence-electron chi connectivity index (χ3n) is 5.11. The van der Waals surface area contributed by atoms with Crippen LogP contribution in [0, 0.1) is 0 Å². The van der Waals surface area contributed by atoms with Crippen molar-refractivity contribution in [1.29, 1.82) is 0 Å². The predicted octanol–water partition coefficient (Wildman–Crippen LogP) is 2.83. The van der Waals surface area contributed by atoms with Crippen LogP contribution in [0.15, 0.2) is 36.4 Å². The highest BCUT2D eigenvalue weighted by molar-refractivity contribution is 6.32. The normalized spacial score (nSPS) is 16.6. The molecule has 2 aliphatic heterocycles. The third kappa shape index (κ3) is 4.93. The Morgan fingerprint density at radius 3 is 2.59 bits per heavy atom. The number of amides is 1. The molecule has 154 valence electrons. The van der Waals surface area contributed by atoms with E-state index in [1.807, 2.05) is 12.1 Å². The molecular formula is C21H24ClN3O4. The second-order valence-corrected chi connectivity index (χ2v) is 7.54. The Labute approximate surface area is 175 Å². The lowest BCUT2D eigenvalue weighted by Gasteiger charge is -2.34. The van der Waals surface area contributed by atoms with Gasteiger partial charge in [-0.25, -0.2) is 0 Å². The van der Waals surface area contributed by atoms with Crippen LogP contribution in [0.1, 0.15) is 5.56 Å². The summed E-state index contributed by atoms with van der Waals surface area (Å²) in [7, 11) is 1.56. The number of carbonyl (C=O) groups is 1. The Morgan fingerprint density at radius 2 is 1.83 bits per heavy atom. The Morgan fingerprint density at radius 1 is 1.07 bits per heavy atom. The number of anilines is 1. The van der Waals surface area contributed by atoms with Crippen LogP contribution in [0.4, 0.5) is 5.69 Å². The highest BCUT2D eigenvalue weighted by atomic mass is 35.5. The molecule has 1 amide bonds. The summed E-state index contributed by atoms with van der Waals surface area (Å²) in [6, 6.07) is 11.3. The molecule has 0 bridgehead atoms. The van der Waals surface area contributed by atoms with E-state index < -0.39 is 0 Å². The standard InChI is InChI=1S/C21H24ClN3O4/c1-27-18-5-3-16(11-17(18)22)23-21(26)13-25-8-6-24(7-9-25)12-15-2-4-19-20(10-15)29-14-28-19/h2-5,10-11H,6-9,12-14H2,1H3,(H,23,26). The van der Waals surface area contributed by atoms with Gasteiger partial charge in [-0.2, -0.15) is 0 Å². The summed E-state index contributed by atoms with van der Waals surface area (Å²) in [4.78, 5) is 16.9. The first-order valence-electron chi connectivity index (χ1n) is 9.57. The molecule has 0 aliphatic carbocycles. The molecule has 2 aromatic rings. The van der Waals surface area contributed by atoms with Crippen molar-refractivity contribution in [3.63, 3.8) is 0 Å². The van der Waals surface area contributed by atoms with Crippen molar-refractivity contribution < 1.29 is 19.0 Å². The number of carbonyl (C=O) groups excluding carboxylic acids is 1. The molecule has 0 radical (unpaired) electrons. The quantitative estimate of drug-likeness (QED) is 0.779. The van der Waals surface area contributed by atoms with Gasteiger partial charge >= 0.3 is 0 Å². The van der Waals surface area contributed by atoms with Crippen molar-refractivity contribution in [2.75, 3.05) is 51.9 Å². The number of piperazine rings is 1. The third-order valence-corrected chi connectivity index (χ3v) is 5.41. The van der Waals surface area contributed by atoms with Gasteiger partial charge in [0.1, 0.15) is 5.75 Å². The van der Waals surface area contributed by atoms with E-state index in [2.05, 4.69) is 21.2 Å². The van der Waals surface area contributed by atoms with Gasteiger partial charge in [-0.1, -0.05) is 17.7 Å². The van der Waals surface area contributed by atoms with Gasteiger partial charge in [0, 0.05) is 38.4 Å². The summed E-state index contributed by atoms with van der Waals surface area (Å²) in [6.45, 7) is 5.04. The fourth-order valence-corrected chi connectivity index (χ4v) is 3.81. The Bertz CT molecular complexity index is 884. The van der Waals surface area contributed by atoms with E-state index in [4.69, 9.17) is 25.8 Å². The smallest absolute Gasteiger partial charge is 0.238 e. The van der Waals surface area contributed by atoms with E-state index >= 15 is 0 Å². The topological polar surface area (TPSA) is 63.3 Å². The van der Waals surface area contributed by atoms with Gasteiger partial charge in [0.2, 0.25) is 12.7 Å². The number of methoxy groups -OCH3 is 1. The molecule has 2 aliphatic rings. The van der Waals surface area contributed by atoms with Gasteiger partial charge in [0.25, 0.3) is 0 Å². The van der Waals surface area contributed by atoms with E-state index in [-0.39, 0.29) is 5.91 Å². The zero-order valence-corrected chi connectivity index (χ0v) is 17.1. The predicted molar refractivity (Wildman–Crippen MR) is 111 cm³/mol. The van der Waals surface area contributed by atoms with Gasteiger partial charge in [-0.15, -0.1) is 0 Å². The number of hydrogen-bond donors (Lipinski definition) is 1. The van der Waals surface area contributed by atoms with Crippen LogP contribution in [0.3, 0.4) is 0 Å². The lowest BCUT2D eigenvalue weighted by molar-refractivity contribution is -0.117. The molecule has 7 nitrogen and oxygen atoms in total. The highest BCUT2D eigenvalue weighted by Crippen LogP contribution is 2.33. The average Bonchev–Trinajstić information content (AvgIpc) is 3.17. The van der Waals surface area contributed by atoms with Crippen LogP contribution in [-0.4, -0.2) is 62.3 Å².